The number of ether oxygens (including phenoxy) is 1. The molecule has 1 amide bonds. The smallest absolute Gasteiger partial charge is 0.225 e. The first-order valence-electron chi connectivity index (χ1n) is 9.73. The quantitative estimate of drug-likeness (QED) is 0.784. The first-order chi connectivity index (χ1) is 11.9. The minimum Gasteiger partial charge on any atom is -0.370 e. The maximum absolute atomic E-state index is 13.1. The molecule has 3 aliphatic rings. The van der Waals surface area contributed by atoms with Crippen LogP contribution >= 0.6 is 0 Å². The molecule has 1 saturated carbocycles. The van der Waals surface area contributed by atoms with E-state index in [0.717, 1.165) is 37.4 Å². The van der Waals surface area contributed by atoms with Gasteiger partial charge >= 0.3 is 0 Å². The molecular weight excluding hydrogens is 316 g/mol. The number of piperidine rings is 1. The van der Waals surface area contributed by atoms with E-state index < -0.39 is 0 Å². The summed E-state index contributed by atoms with van der Waals surface area (Å²) < 4.78 is 7.93. The molecule has 4 rings (SSSR count). The first-order valence-corrected chi connectivity index (χ1v) is 9.73. The predicted molar refractivity (Wildman–Crippen MR) is 93.7 cm³/mol. The van der Waals surface area contributed by atoms with Crippen molar-refractivity contribution in [2.75, 3.05) is 13.1 Å². The van der Waals surface area contributed by atoms with E-state index in [9.17, 15) is 4.79 Å². The molecule has 0 N–H and O–H groups in total. The van der Waals surface area contributed by atoms with Crippen molar-refractivity contribution in [3.63, 3.8) is 0 Å². The van der Waals surface area contributed by atoms with Gasteiger partial charge in [-0.15, -0.1) is 5.10 Å². The number of aromatic nitrogens is 3. The van der Waals surface area contributed by atoms with Crippen molar-refractivity contribution in [3.05, 3.63) is 11.9 Å². The van der Waals surface area contributed by atoms with Crippen LogP contribution in [0.15, 0.2) is 6.20 Å². The highest BCUT2D eigenvalue weighted by molar-refractivity contribution is 5.79. The van der Waals surface area contributed by atoms with Crippen molar-refractivity contribution in [1.29, 1.82) is 0 Å². The summed E-state index contributed by atoms with van der Waals surface area (Å²) in [4.78, 5) is 15.1. The van der Waals surface area contributed by atoms with Gasteiger partial charge in [-0.3, -0.25) is 4.79 Å². The van der Waals surface area contributed by atoms with Crippen LogP contribution in [0, 0.1) is 17.3 Å². The van der Waals surface area contributed by atoms with E-state index in [4.69, 9.17) is 4.74 Å². The number of carbonyl (C=O) groups excluding carboxylic acids is 1. The van der Waals surface area contributed by atoms with Crippen molar-refractivity contribution < 1.29 is 9.53 Å². The van der Waals surface area contributed by atoms with Crippen LogP contribution in [-0.2, 0) is 16.1 Å². The number of hydrogen-bond acceptors (Lipinski definition) is 4. The molecule has 25 heavy (non-hydrogen) atoms. The van der Waals surface area contributed by atoms with Crippen LogP contribution in [0.5, 0.6) is 0 Å². The Balaban J connectivity index is 1.40. The molecule has 0 spiro atoms. The number of likely N-dealkylation sites (tertiary alicyclic amines) is 1. The van der Waals surface area contributed by atoms with Gasteiger partial charge in [-0.25, -0.2) is 4.68 Å². The van der Waals surface area contributed by atoms with Crippen LogP contribution in [-0.4, -0.2) is 45.0 Å². The first kappa shape index (κ1) is 17.0. The van der Waals surface area contributed by atoms with E-state index in [-0.39, 0.29) is 18.1 Å². The molecule has 0 aromatic carbocycles. The monoisotopic (exact) mass is 346 g/mol. The van der Waals surface area contributed by atoms with Gasteiger partial charge in [0.15, 0.2) is 0 Å². The molecule has 138 valence electrons. The Hall–Kier alpha value is -1.43. The second-order valence-corrected chi connectivity index (χ2v) is 9.07. The maximum Gasteiger partial charge on any atom is 0.225 e. The Morgan fingerprint density at radius 1 is 1.20 bits per heavy atom. The van der Waals surface area contributed by atoms with Crippen molar-refractivity contribution in [1.82, 2.24) is 19.9 Å². The topological polar surface area (TPSA) is 60.3 Å². The Morgan fingerprint density at radius 2 is 1.96 bits per heavy atom. The predicted octanol–water partition coefficient (Wildman–Crippen LogP) is 2.80. The van der Waals surface area contributed by atoms with Gasteiger partial charge in [0.05, 0.1) is 30.6 Å². The molecule has 1 aromatic heterocycles. The van der Waals surface area contributed by atoms with E-state index in [1.54, 1.807) is 6.20 Å². The maximum atomic E-state index is 13.1. The minimum absolute atomic E-state index is 0.120. The van der Waals surface area contributed by atoms with Gasteiger partial charge in [0.1, 0.15) is 0 Å². The lowest BCUT2D eigenvalue weighted by molar-refractivity contribution is -0.143. The Bertz CT molecular complexity index is 628. The fourth-order valence-corrected chi connectivity index (χ4v) is 4.84. The summed E-state index contributed by atoms with van der Waals surface area (Å²) in [6, 6.07) is 0.120. The van der Waals surface area contributed by atoms with Crippen LogP contribution in [0.25, 0.3) is 0 Å². The van der Waals surface area contributed by atoms with Crippen LogP contribution in [0.4, 0.5) is 0 Å². The molecule has 1 saturated heterocycles. The van der Waals surface area contributed by atoms with Gasteiger partial charge in [-0.05, 0) is 43.4 Å². The van der Waals surface area contributed by atoms with Crippen molar-refractivity contribution >= 4 is 5.91 Å². The fourth-order valence-electron chi connectivity index (χ4n) is 4.84. The lowest BCUT2D eigenvalue weighted by Crippen LogP contribution is -2.51. The number of rotatable bonds is 1. The summed E-state index contributed by atoms with van der Waals surface area (Å²) in [6.45, 7) is 9.07. The summed E-state index contributed by atoms with van der Waals surface area (Å²) in [5, 5.41) is 8.25. The molecule has 1 aromatic rings. The standard InChI is InChI=1S/C19H30N4O2/c1-19(2,3)14-6-4-13(5-7-14)18(24)22-9-8-17-16(11-22)23-15(12-25-17)10-20-21-23/h10,13-14,16-17H,4-9,11-12H2,1-3H3. The normalized spacial score (nSPS) is 32.8. The third-order valence-corrected chi connectivity index (χ3v) is 6.54. The van der Waals surface area contributed by atoms with Crippen molar-refractivity contribution in [2.45, 2.75) is 71.6 Å². The number of amides is 1. The highest BCUT2D eigenvalue weighted by Crippen LogP contribution is 2.41. The van der Waals surface area contributed by atoms with Crippen LogP contribution in [0.3, 0.4) is 0 Å². The Labute approximate surface area is 149 Å². The van der Waals surface area contributed by atoms with Crippen molar-refractivity contribution in [3.8, 4) is 0 Å². The molecule has 1 aliphatic carbocycles. The summed E-state index contributed by atoms with van der Waals surface area (Å²) in [6.07, 6.45) is 7.26. The third-order valence-electron chi connectivity index (χ3n) is 6.54. The van der Waals surface area contributed by atoms with Gasteiger partial charge in [0.25, 0.3) is 0 Å². The lowest BCUT2D eigenvalue weighted by atomic mass is 9.69. The zero-order valence-electron chi connectivity index (χ0n) is 15.6. The van der Waals surface area contributed by atoms with Gasteiger partial charge in [0.2, 0.25) is 5.91 Å². The summed E-state index contributed by atoms with van der Waals surface area (Å²) >= 11 is 0. The van der Waals surface area contributed by atoms with Gasteiger partial charge in [-0.2, -0.15) is 0 Å². The minimum atomic E-state index is 0.120. The van der Waals surface area contributed by atoms with E-state index in [0.29, 0.717) is 24.5 Å². The van der Waals surface area contributed by atoms with E-state index in [1.165, 1.54) is 12.8 Å². The number of hydrogen-bond donors (Lipinski definition) is 0. The molecule has 0 radical (unpaired) electrons. The third kappa shape index (κ3) is 3.21. The van der Waals surface area contributed by atoms with Crippen LogP contribution < -0.4 is 0 Å². The summed E-state index contributed by atoms with van der Waals surface area (Å²) in [7, 11) is 0. The number of fused-ring (bicyclic) bond motifs is 3. The van der Waals surface area contributed by atoms with E-state index >= 15 is 0 Å². The molecule has 2 aliphatic heterocycles. The van der Waals surface area contributed by atoms with E-state index in [1.807, 2.05) is 4.68 Å². The molecule has 2 fully saturated rings. The molecule has 0 bridgehead atoms. The van der Waals surface area contributed by atoms with Crippen LogP contribution in [0.1, 0.15) is 64.6 Å². The van der Waals surface area contributed by atoms with E-state index in [2.05, 4.69) is 36.0 Å². The van der Waals surface area contributed by atoms with Crippen molar-refractivity contribution in [2.24, 2.45) is 17.3 Å². The Morgan fingerprint density at radius 3 is 2.68 bits per heavy atom. The Kier molecular flexibility index (Phi) is 4.34. The zero-order chi connectivity index (χ0) is 17.6. The van der Waals surface area contributed by atoms with Crippen LogP contribution in [0.2, 0.25) is 0 Å². The number of nitrogens with zero attached hydrogens (tertiary/aromatic N) is 4. The molecule has 6 heteroatoms. The highest BCUT2D eigenvalue weighted by atomic mass is 16.5. The lowest BCUT2D eigenvalue weighted by Gasteiger charge is -2.43. The number of carbonyl (C=O) groups is 1. The summed E-state index contributed by atoms with van der Waals surface area (Å²) in [5.74, 6) is 1.29. The highest BCUT2D eigenvalue weighted by Gasteiger charge is 2.40. The molecule has 6 nitrogen and oxygen atoms in total. The molecule has 2 atom stereocenters. The van der Waals surface area contributed by atoms with Gasteiger partial charge < -0.3 is 9.64 Å². The average Bonchev–Trinajstić information content (AvgIpc) is 3.09. The molecule has 2 unspecified atom stereocenters. The SMILES string of the molecule is CC(C)(C)C1CCC(C(=O)N2CCC3OCc4cnnn4C3C2)CC1. The van der Waals surface area contributed by atoms with Gasteiger partial charge in [-0.1, -0.05) is 26.0 Å². The fraction of sp³-hybridized carbons (Fsp3) is 0.842. The van der Waals surface area contributed by atoms with Gasteiger partial charge in [0, 0.05) is 19.0 Å². The second-order valence-electron chi connectivity index (χ2n) is 9.07. The largest absolute Gasteiger partial charge is 0.370 e. The zero-order valence-corrected chi connectivity index (χ0v) is 15.6. The molecular formula is C19H30N4O2. The molecule has 3 heterocycles. The average molecular weight is 346 g/mol. The summed E-state index contributed by atoms with van der Waals surface area (Å²) in [5.41, 5.74) is 1.37. The second kappa shape index (κ2) is 6.38.